The van der Waals surface area contributed by atoms with Gasteiger partial charge in [0.2, 0.25) is 5.43 Å². The molecule has 0 aliphatic rings. The average Bonchev–Trinajstić information content (AvgIpc) is 2.52. The van der Waals surface area contributed by atoms with Crippen LogP contribution in [0.25, 0.3) is 5.69 Å². The third-order valence-electron chi connectivity index (χ3n) is 3.30. The Morgan fingerprint density at radius 2 is 2.04 bits per heavy atom. The summed E-state index contributed by atoms with van der Waals surface area (Å²) in [6, 6.07) is 5.51. The molecule has 0 unspecified atom stereocenters. The van der Waals surface area contributed by atoms with Crippen molar-refractivity contribution in [3.05, 3.63) is 57.5 Å². The van der Waals surface area contributed by atoms with Crippen LogP contribution < -0.4 is 10.7 Å². The first-order valence-electron chi connectivity index (χ1n) is 7.34. The Balaban J connectivity index is 2.48. The van der Waals surface area contributed by atoms with E-state index in [0.717, 1.165) is 22.9 Å². The number of aliphatic hydroxyl groups is 1. The maximum Gasteiger partial charge on any atom is 0.416 e. The number of aryl methyl sites for hydroxylation is 1. The van der Waals surface area contributed by atoms with Crippen molar-refractivity contribution < 1.29 is 23.1 Å². The van der Waals surface area contributed by atoms with E-state index in [1.807, 2.05) is 0 Å². The van der Waals surface area contributed by atoms with Gasteiger partial charge >= 0.3 is 6.18 Å². The third-order valence-corrected chi connectivity index (χ3v) is 3.30. The number of rotatable bonds is 4. The van der Waals surface area contributed by atoms with Gasteiger partial charge in [-0.2, -0.15) is 18.3 Å². The number of hydrogen-bond acceptors (Lipinski definition) is 4. The number of amides is 1. The van der Waals surface area contributed by atoms with Gasteiger partial charge in [-0.15, -0.1) is 0 Å². The monoisotopic (exact) mass is 355 g/mol. The molecule has 2 aromatic rings. The predicted molar refractivity (Wildman–Crippen MR) is 83.6 cm³/mol. The Bertz CT molecular complexity index is 844. The molecule has 1 aromatic carbocycles. The number of carbonyl (C=O) groups is 1. The molecule has 0 fully saturated rings. The first-order valence-corrected chi connectivity index (χ1v) is 7.34. The zero-order valence-electron chi connectivity index (χ0n) is 13.5. The molecular weight excluding hydrogens is 339 g/mol. The fourth-order valence-electron chi connectivity index (χ4n) is 2.10. The van der Waals surface area contributed by atoms with Gasteiger partial charge in [0.1, 0.15) is 0 Å². The highest BCUT2D eigenvalue weighted by Crippen LogP contribution is 2.30. The van der Waals surface area contributed by atoms with Gasteiger partial charge in [0, 0.05) is 18.3 Å². The number of carbonyl (C=O) groups excluding carboxylic acids is 1. The lowest BCUT2D eigenvalue weighted by atomic mass is 10.2. The van der Waals surface area contributed by atoms with Crippen LogP contribution in [0.4, 0.5) is 13.2 Å². The molecule has 0 saturated heterocycles. The van der Waals surface area contributed by atoms with E-state index in [-0.39, 0.29) is 17.9 Å². The third kappa shape index (κ3) is 4.44. The molecule has 1 heterocycles. The van der Waals surface area contributed by atoms with Crippen LogP contribution in [0, 0.1) is 6.92 Å². The summed E-state index contributed by atoms with van der Waals surface area (Å²) in [5, 5.41) is 15.4. The highest BCUT2D eigenvalue weighted by atomic mass is 19.4. The number of aromatic nitrogens is 2. The Morgan fingerprint density at radius 1 is 1.36 bits per heavy atom. The van der Waals surface area contributed by atoms with E-state index in [9.17, 15) is 27.9 Å². The molecule has 9 heteroatoms. The summed E-state index contributed by atoms with van der Waals surface area (Å²) in [6.45, 7) is 2.85. The summed E-state index contributed by atoms with van der Waals surface area (Å²) in [6.07, 6.45) is -5.35. The number of halogens is 3. The van der Waals surface area contributed by atoms with Crippen molar-refractivity contribution in [1.82, 2.24) is 15.1 Å². The molecule has 1 atom stereocenters. The normalized spacial score (nSPS) is 12.7. The molecule has 2 rings (SSSR count). The van der Waals surface area contributed by atoms with E-state index in [1.165, 1.54) is 26.0 Å². The summed E-state index contributed by atoms with van der Waals surface area (Å²) in [7, 11) is 0. The van der Waals surface area contributed by atoms with Gasteiger partial charge in [0.05, 0.1) is 17.4 Å². The maximum atomic E-state index is 12.9. The number of aliphatic hydroxyl groups excluding tert-OH is 1. The molecule has 2 N–H and O–H groups in total. The van der Waals surface area contributed by atoms with E-state index in [0.29, 0.717) is 0 Å². The minimum atomic E-state index is -4.53. The lowest BCUT2D eigenvalue weighted by Crippen LogP contribution is -2.35. The molecular formula is C16H16F3N3O3. The van der Waals surface area contributed by atoms with E-state index in [4.69, 9.17) is 0 Å². The maximum absolute atomic E-state index is 12.9. The summed E-state index contributed by atoms with van der Waals surface area (Å²) < 4.78 is 39.7. The standard InChI is InChI=1S/C16H16F3N3O3/c1-9-6-13(24)14(15(25)20-8-10(2)23)21-22(9)12-5-3-4-11(7-12)16(17,18)19/h3-7,10,23H,8H2,1-2H3,(H,20,25)/t10-/m0/s1. The lowest BCUT2D eigenvalue weighted by Gasteiger charge is -2.14. The number of nitrogens with zero attached hydrogens (tertiary/aromatic N) is 2. The molecule has 0 aliphatic carbocycles. The minimum Gasteiger partial charge on any atom is -0.392 e. The van der Waals surface area contributed by atoms with E-state index >= 15 is 0 Å². The van der Waals surface area contributed by atoms with E-state index in [2.05, 4.69) is 10.4 Å². The Kier molecular flexibility index (Phi) is 5.27. The van der Waals surface area contributed by atoms with E-state index < -0.39 is 34.9 Å². The predicted octanol–water partition coefficient (Wildman–Crippen LogP) is 1.67. The van der Waals surface area contributed by atoms with Crippen LogP contribution in [-0.2, 0) is 6.18 Å². The highest BCUT2D eigenvalue weighted by molar-refractivity contribution is 5.92. The highest BCUT2D eigenvalue weighted by Gasteiger charge is 2.30. The zero-order chi connectivity index (χ0) is 18.8. The van der Waals surface area contributed by atoms with Crippen molar-refractivity contribution in [2.45, 2.75) is 26.1 Å². The van der Waals surface area contributed by atoms with Gasteiger partial charge in [-0.05, 0) is 32.0 Å². The largest absolute Gasteiger partial charge is 0.416 e. The Labute approximate surface area is 140 Å². The topological polar surface area (TPSA) is 84.2 Å². The molecule has 1 amide bonds. The van der Waals surface area contributed by atoms with Gasteiger partial charge < -0.3 is 10.4 Å². The van der Waals surface area contributed by atoms with Gasteiger partial charge in [0.25, 0.3) is 5.91 Å². The first-order chi connectivity index (χ1) is 11.6. The van der Waals surface area contributed by atoms with Crippen molar-refractivity contribution in [3.8, 4) is 5.69 Å². The molecule has 0 radical (unpaired) electrons. The smallest absolute Gasteiger partial charge is 0.392 e. The average molecular weight is 355 g/mol. The van der Waals surface area contributed by atoms with Crippen LogP contribution in [0.3, 0.4) is 0 Å². The van der Waals surface area contributed by atoms with Crippen molar-refractivity contribution in [1.29, 1.82) is 0 Å². The second-order valence-corrected chi connectivity index (χ2v) is 5.52. The van der Waals surface area contributed by atoms with Crippen LogP contribution in [0.1, 0.15) is 28.7 Å². The van der Waals surface area contributed by atoms with Crippen LogP contribution in [0.5, 0.6) is 0 Å². The van der Waals surface area contributed by atoms with Gasteiger partial charge in [0.15, 0.2) is 5.69 Å². The fourth-order valence-corrected chi connectivity index (χ4v) is 2.10. The Hall–Kier alpha value is -2.68. The molecule has 1 aromatic heterocycles. The van der Waals surface area contributed by atoms with Crippen LogP contribution in [0.15, 0.2) is 35.1 Å². The van der Waals surface area contributed by atoms with Gasteiger partial charge in [-0.1, -0.05) is 6.07 Å². The summed E-state index contributed by atoms with van der Waals surface area (Å²) in [4.78, 5) is 24.0. The van der Waals surface area contributed by atoms with Crippen molar-refractivity contribution in [2.75, 3.05) is 6.54 Å². The van der Waals surface area contributed by atoms with Gasteiger partial charge in [-0.25, -0.2) is 4.68 Å². The molecule has 0 aliphatic heterocycles. The first kappa shape index (κ1) is 18.7. The lowest BCUT2D eigenvalue weighted by molar-refractivity contribution is -0.137. The summed E-state index contributed by atoms with van der Waals surface area (Å²) in [5.41, 5.74) is -1.66. The number of alkyl halides is 3. The van der Waals surface area contributed by atoms with E-state index in [1.54, 1.807) is 0 Å². The van der Waals surface area contributed by atoms with Crippen molar-refractivity contribution in [2.24, 2.45) is 0 Å². The summed E-state index contributed by atoms with van der Waals surface area (Å²) in [5.74, 6) is -0.813. The fraction of sp³-hybridized carbons (Fsp3) is 0.312. The molecule has 0 spiro atoms. The molecule has 25 heavy (non-hydrogen) atoms. The number of nitrogens with one attached hydrogen (secondary N) is 1. The van der Waals surface area contributed by atoms with Crippen LogP contribution >= 0.6 is 0 Å². The molecule has 0 bridgehead atoms. The molecule has 134 valence electrons. The van der Waals surface area contributed by atoms with Gasteiger partial charge in [-0.3, -0.25) is 9.59 Å². The SMILES string of the molecule is Cc1cc(=O)c(C(=O)NC[C@H](C)O)nn1-c1cccc(C(F)(F)F)c1. The Morgan fingerprint density at radius 3 is 2.64 bits per heavy atom. The second kappa shape index (κ2) is 7.06. The second-order valence-electron chi connectivity index (χ2n) is 5.52. The van der Waals surface area contributed by atoms with Crippen LogP contribution in [-0.4, -0.2) is 33.4 Å². The number of hydrogen-bond donors (Lipinski definition) is 2. The zero-order valence-corrected chi connectivity index (χ0v) is 13.5. The summed E-state index contributed by atoms with van der Waals surface area (Å²) >= 11 is 0. The van der Waals surface area contributed by atoms with Crippen molar-refractivity contribution in [3.63, 3.8) is 0 Å². The van der Waals surface area contributed by atoms with Crippen molar-refractivity contribution >= 4 is 5.91 Å². The molecule has 6 nitrogen and oxygen atoms in total. The quantitative estimate of drug-likeness (QED) is 0.874. The minimum absolute atomic E-state index is 0.0666. The number of benzene rings is 1. The van der Waals surface area contributed by atoms with Crippen LogP contribution in [0.2, 0.25) is 0 Å². The molecule has 0 saturated carbocycles.